The maximum atomic E-state index is 10.7. The molecule has 0 spiro atoms. The predicted octanol–water partition coefficient (Wildman–Crippen LogP) is 2.89. The number of carbonyl (C=O) groups is 1. The van der Waals surface area contributed by atoms with E-state index in [1.54, 1.807) is 50.6 Å². The van der Waals surface area contributed by atoms with E-state index in [9.17, 15) is 4.79 Å². The van der Waals surface area contributed by atoms with Crippen LogP contribution in [-0.2, 0) is 4.79 Å². The van der Waals surface area contributed by atoms with E-state index in [1.807, 2.05) is 0 Å². The minimum Gasteiger partial charge on any atom is -0.493 e. The highest BCUT2D eigenvalue weighted by molar-refractivity contribution is 5.69. The first-order valence-corrected chi connectivity index (χ1v) is 8.14. The summed E-state index contributed by atoms with van der Waals surface area (Å²) in [7, 11) is 4.55. The lowest BCUT2D eigenvalue weighted by Crippen LogP contribution is -2.10. The van der Waals surface area contributed by atoms with E-state index < -0.39 is 12.6 Å². The Bertz CT molecular complexity index is 984. The first-order chi connectivity index (χ1) is 13.5. The van der Waals surface area contributed by atoms with Crippen molar-refractivity contribution in [3.05, 3.63) is 36.4 Å². The Morgan fingerprint density at radius 1 is 0.929 bits per heavy atom. The summed E-state index contributed by atoms with van der Waals surface area (Å²) in [6.07, 6.45) is 0. The third-order valence-electron chi connectivity index (χ3n) is 3.83. The molecule has 0 saturated carbocycles. The van der Waals surface area contributed by atoms with Crippen molar-refractivity contribution in [3.63, 3.8) is 0 Å². The van der Waals surface area contributed by atoms with Crippen molar-refractivity contribution in [1.82, 2.24) is 10.1 Å². The van der Waals surface area contributed by atoms with Crippen molar-refractivity contribution < 1.29 is 33.4 Å². The van der Waals surface area contributed by atoms with Crippen LogP contribution in [0, 0.1) is 0 Å². The van der Waals surface area contributed by atoms with Gasteiger partial charge in [-0.2, -0.15) is 4.98 Å². The fourth-order valence-electron chi connectivity index (χ4n) is 2.49. The lowest BCUT2D eigenvalue weighted by Gasteiger charge is -2.09. The van der Waals surface area contributed by atoms with Gasteiger partial charge in [0, 0.05) is 11.1 Å². The molecule has 0 aliphatic heterocycles. The van der Waals surface area contributed by atoms with E-state index in [1.165, 1.54) is 7.11 Å². The monoisotopic (exact) mass is 386 g/mol. The highest BCUT2D eigenvalue weighted by atomic mass is 16.5. The Kier molecular flexibility index (Phi) is 5.64. The number of hydrogen-bond acceptors (Lipinski definition) is 8. The number of methoxy groups -OCH3 is 3. The predicted molar refractivity (Wildman–Crippen MR) is 98.0 cm³/mol. The summed E-state index contributed by atoms with van der Waals surface area (Å²) in [4.78, 5) is 15.1. The standard InChI is InChI=1S/C19H18N2O7/c1-24-13-6-5-12(9-15(13)25-2)19-20-18(21-28-19)11-4-7-14(16(8-11)26-3)27-10-17(22)23/h4-9H,10H2,1-3H3,(H,22,23). The first kappa shape index (κ1) is 19.0. The maximum absolute atomic E-state index is 10.7. The maximum Gasteiger partial charge on any atom is 0.341 e. The summed E-state index contributed by atoms with van der Waals surface area (Å²) >= 11 is 0. The minimum absolute atomic E-state index is 0.303. The molecular weight excluding hydrogens is 368 g/mol. The van der Waals surface area contributed by atoms with Gasteiger partial charge in [0.1, 0.15) is 0 Å². The molecule has 0 atom stereocenters. The van der Waals surface area contributed by atoms with Crippen molar-refractivity contribution in [1.29, 1.82) is 0 Å². The topological polar surface area (TPSA) is 113 Å². The number of ether oxygens (including phenoxy) is 4. The van der Waals surface area contributed by atoms with Crippen molar-refractivity contribution in [2.75, 3.05) is 27.9 Å². The molecule has 9 heteroatoms. The Morgan fingerprint density at radius 3 is 2.21 bits per heavy atom. The first-order valence-electron chi connectivity index (χ1n) is 8.14. The number of rotatable bonds is 8. The summed E-state index contributed by atoms with van der Waals surface area (Å²) in [6.45, 7) is -0.471. The van der Waals surface area contributed by atoms with Crippen LogP contribution in [0.25, 0.3) is 22.8 Å². The zero-order valence-corrected chi connectivity index (χ0v) is 15.5. The highest BCUT2D eigenvalue weighted by Gasteiger charge is 2.15. The van der Waals surface area contributed by atoms with Gasteiger partial charge in [-0.15, -0.1) is 0 Å². The number of hydrogen-bond donors (Lipinski definition) is 1. The van der Waals surface area contributed by atoms with Crippen LogP contribution in [0.15, 0.2) is 40.9 Å². The van der Waals surface area contributed by atoms with Gasteiger partial charge in [-0.1, -0.05) is 5.16 Å². The second-order valence-corrected chi connectivity index (χ2v) is 5.54. The van der Waals surface area contributed by atoms with Crippen molar-refractivity contribution in [2.45, 2.75) is 0 Å². The van der Waals surface area contributed by atoms with E-state index in [0.717, 1.165) is 0 Å². The molecule has 1 N–H and O–H groups in total. The normalized spacial score (nSPS) is 10.4. The van der Waals surface area contributed by atoms with Crippen LogP contribution in [0.5, 0.6) is 23.0 Å². The van der Waals surface area contributed by atoms with Gasteiger partial charge < -0.3 is 28.6 Å². The van der Waals surface area contributed by atoms with Crippen molar-refractivity contribution >= 4 is 5.97 Å². The molecule has 9 nitrogen and oxygen atoms in total. The summed E-state index contributed by atoms with van der Waals surface area (Å²) in [5, 5.41) is 12.7. The van der Waals surface area contributed by atoms with Crippen molar-refractivity contribution in [2.24, 2.45) is 0 Å². The van der Waals surface area contributed by atoms with Crippen LogP contribution in [0.2, 0.25) is 0 Å². The Hall–Kier alpha value is -3.75. The van der Waals surface area contributed by atoms with Gasteiger partial charge in [-0.3, -0.25) is 0 Å². The van der Waals surface area contributed by atoms with Gasteiger partial charge in [0.15, 0.2) is 29.6 Å². The molecule has 146 valence electrons. The van der Waals surface area contributed by atoms with Gasteiger partial charge in [0.2, 0.25) is 5.82 Å². The average molecular weight is 386 g/mol. The zero-order chi connectivity index (χ0) is 20.1. The van der Waals surface area contributed by atoms with Gasteiger partial charge in [0.25, 0.3) is 5.89 Å². The Balaban J connectivity index is 1.88. The lowest BCUT2D eigenvalue weighted by atomic mass is 10.2. The van der Waals surface area contributed by atoms with Crippen LogP contribution in [0.1, 0.15) is 0 Å². The van der Waals surface area contributed by atoms with Gasteiger partial charge >= 0.3 is 5.97 Å². The zero-order valence-electron chi connectivity index (χ0n) is 15.5. The highest BCUT2D eigenvalue weighted by Crippen LogP contribution is 2.34. The molecule has 0 aliphatic carbocycles. The van der Waals surface area contributed by atoms with Gasteiger partial charge in [0.05, 0.1) is 21.3 Å². The quantitative estimate of drug-likeness (QED) is 0.624. The summed E-state index contributed by atoms with van der Waals surface area (Å²) in [5.41, 5.74) is 1.29. The molecule has 0 saturated heterocycles. The Labute approximate surface area is 160 Å². The molecule has 2 aromatic carbocycles. The minimum atomic E-state index is -1.08. The molecule has 3 rings (SSSR count). The third kappa shape index (κ3) is 3.98. The fraction of sp³-hybridized carbons (Fsp3) is 0.211. The molecule has 0 radical (unpaired) electrons. The number of carboxylic acids is 1. The second-order valence-electron chi connectivity index (χ2n) is 5.54. The molecule has 0 bridgehead atoms. The number of aromatic nitrogens is 2. The molecule has 0 unspecified atom stereocenters. The van der Waals surface area contributed by atoms with E-state index in [-0.39, 0.29) is 0 Å². The van der Waals surface area contributed by atoms with Gasteiger partial charge in [-0.05, 0) is 36.4 Å². The molecule has 0 amide bonds. The molecule has 1 aromatic heterocycles. The number of nitrogens with zero attached hydrogens (tertiary/aromatic N) is 2. The molecule has 0 aliphatic rings. The smallest absolute Gasteiger partial charge is 0.341 e. The van der Waals surface area contributed by atoms with E-state index in [2.05, 4.69) is 10.1 Å². The number of benzene rings is 2. The summed E-state index contributed by atoms with van der Waals surface area (Å²) < 4.78 is 26.3. The molecule has 28 heavy (non-hydrogen) atoms. The summed E-state index contributed by atoms with van der Waals surface area (Å²) in [6, 6.07) is 10.2. The second kappa shape index (κ2) is 8.30. The largest absolute Gasteiger partial charge is 0.493 e. The molecule has 0 fully saturated rings. The van der Waals surface area contributed by atoms with Crippen LogP contribution < -0.4 is 18.9 Å². The van der Waals surface area contributed by atoms with Crippen LogP contribution in [0.3, 0.4) is 0 Å². The van der Waals surface area contributed by atoms with Gasteiger partial charge in [-0.25, -0.2) is 4.79 Å². The third-order valence-corrected chi connectivity index (χ3v) is 3.83. The Morgan fingerprint density at radius 2 is 1.54 bits per heavy atom. The van der Waals surface area contributed by atoms with Crippen LogP contribution in [0.4, 0.5) is 0 Å². The fourth-order valence-corrected chi connectivity index (χ4v) is 2.49. The van der Waals surface area contributed by atoms with E-state index >= 15 is 0 Å². The molecular formula is C19H18N2O7. The lowest BCUT2D eigenvalue weighted by molar-refractivity contribution is -0.139. The number of aliphatic carboxylic acids is 1. The molecule has 3 aromatic rings. The summed E-state index contributed by atoms with van der Waals surface area (Å²) in [5.74, 6) is 1.36. The van der Waals surface area contributed by atoms with Crippen LogP contribution in [-0.4, -0.2) is 49.2 Å². The van der Waals surface area contributed by atoms with Crippen LogP contribution >= 0.6 is 0 Å². The average Bonchev–Trinajstić information content (AvgIpc) is 3.21. The van der Waals surface area contributed by atoms with E-state index in [4.69, 9.17) is 28.6 Å². The molecule has 1 heterocycles. The van der Waals surface area contributed by atoms with E-state index in [0.29, 0.717) is 45.8 Å². The SMILES string of the molecule is COc1ccc(-c2nc(-c3ccc(OCC(=O)O)c(OC)c3)no2)cc1OC. The number of carboxylic acid groups (broad SMARTS) is 1. The van der Waals surface area contributed by atoms with Crippen molar-refractivity contribution in [3.8, 4) is 45.8 Å².